The van der Waals surface area contributed by atoms with Crippen molar-refractivity contribution in [2.45, 2.75) is 57.4 Å². The predicted molar refractivity (Wildman–Crippen MR) is 136 cm³/mol. The zero-order valence-electron chi connectivity index (χ0n) is 19.5. The number of benzene rings is 1. The number of nitrogens with one attached hydrogen (secondary N) is 2. The lowest BCUT2D eigenvalue weighted by Crippen LogP contribution is -2.58. The van der Waals surface area contributed by atoms with Crippen molar-refractivity contribution in [2.75, 3.05) is 24.3 Å². The topological polar surface area (TPSA) is 125 Å². The maximum Gasteiger partial charge on any atom is 0.326 e. The van der Waals surface area contributed by atoms with Crippen LogP contribution in [0.2, 0.25) is 0 Å². The van der Waals surface area contributed by atoms with Crippen LogP contribution in [0.4, 0.5) is 0 Å². The molecular formula is C23H36N4O4S2. The van der Waals surface area contributed by atoms with Gasteiger partial charge in [-0.15, -0.1) is 0 Å². The van der Waals surface area contributed by atoms with Gasteiger partial charge in [-0.3, -0.25) is 14.5 Å². The van der Waals surface area contributed by atoms with Crippen LogP contribution in [0.5, 0.6) is 0 Å². The van der Waals surface area contributed by atoms with Crippen LogP contribution in [0.3, 0.4) is 0 Å². The third-order valence-electron chi connectivity index (χ3n) is 5.97. The number of carbonyl (C=O) groups is 3. The van der Waals surface area contributed by atoms with Gasteiger partial charge in [-0.25, -0.2) is 4.79 Å². The number of amides is 2. The van der Waals surface area contributed by atoms with E-state index in [9.17, 15) is 19.5 Å². The molecule has 5 N–H and O–H groups in total. The third-order valence-corrected chi connectivity index (χ3v) is 7.01. The third kappa shape index (κ3) is 7.91. The van der Waals surface area contributed by atoms with Crippen molar-refractivity contribution >= 4 is 42.2 Å². The Hall–Kier alpha value is -1.75. The number of thioether (sulfide) groups is 1. The standard InChI is InChI=1S/C23H36N4O4S2/c1-14(2)19(26-21(28)17(24)13-32)12-27-11-16-7-5-4-6-15(16)10-20(27)22(29)25-18(23(30)31)8-9-33-3/h4-7,14,17-20,32H,8-13,24H2,1-3H3,(H,25,29)(H,26,28)(H,30,31)/t17-,18?,19?,20?/m0/s1. The van der Waals surface area contributed by atoms with Gasteiger partial charge in [0.15, 0.2) is 0 Å². The zero-order valence-corrected chi connectivity index (χ0v) is 21.2. The van der Waals surface area contributed by atoms with Crippen molar-refractivity contribution in [3.05, 3.63) is 35.4 Å². The van der Waals surface area contributed by atoms with E-state index < -0.39 is 24.1 Å². The van der Waals surface area contributed by atoms with Gasteiger partial charge in [-0.2, -0.15) is 24.4 Å². The molecular weight excluding hydrogens is 460 g/mol. The number of carboxylic acids is 1. The highest BCUT2D eigenvalue weighted by Gasteiger charge is 2.35. The maximum absolute atomic E-state index is 13.3. The van der Waals surface area contributed by atoms with Crippen LogP contribution in [0.1, 0.15) is 31.4 Å². The Labute approximate surface area is 205 Å². The highest BCUT2D eigenvalue weighted by atomic mass is 32.2. The summed E-state index contributed by atoms with van der Waals surface area (Å²) in [6.07, 6.45) is 2.74. The predicted octanol–water partition coefficient (Wildman–Crippen LogP) is 1.13. The van der Waals surface area contributed by atoms with E-state index >= 15 is 0 Å². The molecule has 0 radical (unpaired) electrons. The van der Waals surface area contributed by atoms with Gasteiger partial charge < -0.3 is 21.5 Å². The van der Waals surface area contributed by atoms with E-state index in [1.165, 1.54) is 0 Å². The van der Waals surface area contributed by atoms with Gasteiger partial charge in [-0.1, -0.05) is 38.1 Å². The number of hydrogen-bond acceptors (Lipinski definition) is 7. The Kier molecular flexibility index (Phi) is 11.0. The number of carboxylic acid groups (broad SMARTS) is 1. The van der Waals surface area contributed by atoms with Crippen molar-refractivity contribution in [1.29, 1.82) is 0 Å². The molecule has 0 aromatic heterocycles. The molecule has 33 heavy (non-hydrogen) atoms. The average molecular weight is 497 g/mol. The lowest BCUT2D eigenvalue weighted by Gasteiger charge is -2.39. The Balaban J connectivity index is 2.24. The molecule has 4 atom stereocenters. The van der Waals surface area contributed by atoms with Crippen molar-refractivity contribution in [3.8, 4) is 0 Å². The second-order valence-electron chi connectivity index (χ2n) is 8.75. The van der Waals surface area contributed by atoms with E-state index in [0.717, 1.165) is 11.1 Å². The quantitative estimate of drug-likeness (QED) is 0.275. The van der Waals surface area contributed by atoms with Crippen LogP contribution in [0.15, 0.2) is 24.3 Å². The van der Waals surface area contributed by atoms with E-state index in [1.54, 1.807) is 11.8 Å². The number of aliphatic carboxylic acids is 1. The molecule has 0 fully saturated rings. The van der Waals surface area contributed by atoms with E-state index in [0.29, 0.717) is 31.7 Å². The number of nitrogens with zero attached hydrogens (tertiary/aromatic N) is 1. The molecule has 2 rings (SSSR count). The summed E-state index contributed by atoms with van der Waals surface area (Å²) < 4.78 is 0. The maximum atomic E-state index is 13.3. The molecule has 0 aliphatic carbocycles. The molecule has 8 nitrogen and oxygen atoms in total. The van der Waals surface area contributed by atoms with Gasteiger partial charge in [0, 0.05) is 24.9 Å². The fourth-order valence-corrected chi connectivity index (χ4v) is 4.47. The molecule has 0 saturated carbocycles. The SMILES string of the molecule is CSCCC(NC(=O)C1Cc2ccccc2CN1CC(NC(=O)[C@@H](N)CS)C(C)C)C(=O)O. The monoisotopic (exact) mass is 496 g/mol. The van der Waals surface area contributed by atoms with Gasteiger partial charge in [0.2, 0.25) is 11.8 Å². The minimum Gasteiger partial charge on any atom is -0.480 e. The highest BCUT2D eigenvalue weighted by Crippen LogP contribution is 2.25. The van der Waals surface area contributed by atoms with Gasteiger partial charge >= 0.3 is 5.97 Å². The lowest BCUT2D eigenvalue weighted by atomic mass is 9.91. The van der Waals surface area contributed by atoms with Crippen molar-refractivity contribution < 1.29 is 19.5 Å². The minimum absolute atomic E-state index is 0.107. The molecule has 1 aromatic carbocycles. The minimum atomic E-state index is -1.03. The zero-order chi connectivity index (χ0) is 24.5. The van der Waals surface area contributed by atoms with E-state index in [4.69, 9.17) is 5.73 Å². The van der Waals surface area contributed by atoms with Gasteiger partial charge in [0.1, 0.15) is 6.04 Å². The number of rotatable bonds is 12. The molecule has 1 aliphatic heterocycles. The van der Waals surface area contributed by atoms with Crippen LogP contribution < -0.4 is 16.4 Å². The van der Waals surface area contributed by atoms with Crippen molar-refractivity contribution in [3.63, 3.8) is 0 Å². The summed E-state index contributed by atoms with van der Waals surface area (Å²) in [5.74, 6) is -0.625. The first kappa shape index (κ1) is 27.5. The molecule has 184 valence electrons. The molecule has 0 spiro atoms. The summed E-state index contributed by atoms with van der Waals surface area (Å²) in [5, 5.41) is 15.3. The first-order valence-electron chi connectivity index (χ1n) is 11.2. The summed E-state index contributed by atoms with van der Waals surface area (Å²) in [4.78, 5) is 39.4. The molecule has 1 heterocycles. The number of thiol groups is 1. The first-order chi connectivity index (χ1) is 15.7. The van der Waals surface area contributed by atoms with Crippen LogP contribution in [-0.4, -0.2) is 76.3 Å². The average Bonchev–Trinajstić information content (AvgIpc) is 2.79. The number of hydrogen-bond donors (Lipinski definition) is 5. The fourth-order valence-electron chi connectivity index (χ4n) is 3.84. The summed E-state index contributed by atoms with van der Waals surface area (Å²) in [6, 6.07) is 5.55. The Bertz CT molecular complexity index is 823. The largest absolute Gasteiger partial charge is 0.480 e. The van der Waals surface area contributed by atoms with Crippen LogP contribution in [0.25, 0.3) is 0 Å². The summed E-state index contributed by atoms with van der Waals surface area (Å²) in [5.41, 5.74) is 8.04. The number of fused-ring (bicyclic) bond motifs is 1. The summed E-state index contributed by atoms with van der Waals surface area (Å²) in [7, 11) is 0. The highest BCUT2D eigenvalue weighted by molar-refractivity contribution is 7.98. The van der Waals surface area contributed by atoms with Crippen molar-refractivity contribution in [1.82, 2.24) is 15.5 Å². The van der Waals surface area contributed by atoms with Crippen LogP contribution in [-0.2, 0) is 27.3 Å². The summed E-state index contributed by atoms with van der Waals surface area (Å²) in [6.45, 7) is 4.99. The van der Waals surface area contributed by atoms with Crippen LogP contribution >= 0.6 is 24.4 Å². The van der Waals surface area contributed by atoms with Gasteiger partial charge in [-0.05, 0) is 41.9 Å². The normalized spacial score (nSPS) is 18.8. The van der Waals surface area contributed by atoms with Gasteiger partial charge in [0.25, 0.3) is 0 Å². The molecule has 1 aliphatic rings. The van der Waals surface area contributed by atoms with E-state index in [1.807, 2.05) is 49.3 Å². The molecule has 0 saturated heterocycles. The second-order valence-corrected chi connectivity index (χ2v) is 10.1. The number of nitrogens with two attached hydrogens (primary N) is 1. The Morgan fingerprint density at radius 1 is 1.24 bits per heavy atom. The summed E-state index contributed by atoms with van der Waals surface area (Å²) >= 11 is 5.65. The molecule has 3 unspecified atom stereocenters. The Morgan fingerprint density at radius 2 is 1.91 bits per heavy atom. The fraction of sp³-hybridized carbons (Fsp3) is 0.609. The Morgan fingerprint density at radius 3 is 2.48 bits per heavy atom. The molecule has 1 aromatic rings. The van der Waals surface area contributed by atoms with Gasteiger partial charge in [0.05, 0.1) is 12.1 Å². The lowest BCUT2D eigenvalue weighted by molar-refractivity contribution is -0.143. The smallest absolute Gasteiger partial charge is 0.326 e. The molecule has 0 bridgehead atoms. The van der Waals surface area contributed by atoms with E-state index in [2.05, 4.69) is 23.3 Å². The molecule has 2 amide bonds. The second kappa shape index (κ2) is 13.2. The molecule has 10 heteroatoms. The van der Waals surface area contributed by atoms with Crippen LogP contribution in [0, 0.1) is 5.92 Å². The van der Waals surface area contributed by atoms with Crippen molar-refractivity contribution in [2.24, 2.45) is 11.7 Å². The first-order valence-corrected chi connectivity index (χ1v) is 13.2. The number of carbonyl (C=O) groups excluding carboxylic acids is 2. The van der Waals surface area contributed by atoms with E-state index in [-0.39, 0.29) is 29.5 Å².